The summed E-state index contributed by atoms with van der Waals surface area (Å²) >= 11 is 0. The van der Waals surface area contributed by atoms with Crippen molar-refractivity contribution in [3.05, 3.63) is 0 Å². The highest BCUT2D eigenvalue weighted by atomic mass is 16.5. The second kappa shape index (κ2) is 4.04. The Labute approximate surface area is 76.7 Å². The molecular weight excluding hydrogens is 174 g/mol. The Hall–Kier alpha value is -0.650. The summed E-state index contributed by atoms with van der Waals surface area (Å²) in [7, 11) is 0. The first-order valence-corrected chi connectivity index (χ1v) is 4.27. The second-order valence-electron chi connectivity index (χ2n) is 3.51. The fourth-order valence-electron chi connectivity index (χ4n) is 1.32. The maximum Gasteiger partial charge on any atom is 0.317 e. The van der Waals surface area contributed by atoms with Gasteiger partial charge in [0.25, 0.3) is 0 Å². The molecule has 13 heavy (non-hydrogen) atoms. The number of hydrogen-bond acceptors (Lipinski definition) is 4. The van der Waals surface area contributed by atoms with Gasteiger partial charge in [-0.25, -0.2) is 0 Å². The average Bonchev–Trinajstić information content (AvgIpc) is 2.01. The highest BCUT2D eigenvalue weighted by molar-refractivity contribution is 5.69. The van der Waals surface area contributed by atoms with Gasteiger partial charge >= 0.3 is 5.97 Å². The van der Waals surface area contributed by atoms with Crippen LogP contribution in [0.15, 0.2) is 0 Å². The lowest BCUT2D eigenvalue weighted by atomic mass is 9.91. The minimum Gasteiger partial charge on any atom is -0.480 e. The minimum atomic E-state index is -0.929. The van der Waals surface area contributed by atoms with Crippen LogP contribution in [-0.4, -0.2) is 47.6 Å². The third-order valence-electron chi connectivity index (χ3n) is 2.29. The van der Waals surface area contributed by atoms with E-state index in [4.69, 9.17) is 9.84 Å². The monoisotopic (exact) mass is 189 g/mol. The standard InChI is InChI=1S/C8H15NO4/c1-8(12)2-3-13-5-6(8)9-4-7(10)11/h6,9,12H,2-5H2,1H3,(H,10,11). The van der Waals surface area contributed by atoms with Gasteiger partial charge in [0.2, 0.25) is 0 Å². The van der Waals surface area contributed by atoms with Crippen LogP contribution in [0, 0.1) is 0 Å². The molecular formula is C8H15NO4. The number of rotatable bonds is 3. The van der Waals surface area contributed by atoms with Gasteiger partial charge in [-0.05, 0) is 6.92 Å². The van der Waals surface area contributed by atoms with Crippen molar-refractivity contribution in [1.29, 1.82) is 0 Å². The molecule has 3 N–H and O–H groups in total. The molecule has 1 fully saturated rings. The first kappa shape index (κ1) is 10.4. The van der Waals surface area contributed by atoms with E-state index in [1.807, 2.05) is 0 Å². The van der Waals surface area contributed by atoms with E-state index < -0.39 is 11.6 Å². The maximum atomic E-state index is 10.3. The molecule has 0 saturated carbocycles. The Morgan fingerprint density at radius 3 is 3.00 bits per heavy atom. The van der Waals surface area contributed by atoms with Gasteiger partial charge in [-0.2, -0.15) is 0 Å². The van der Waals surface area contributed by atoms with Gasteiger partial charge < -0.3 is 14.9 Å². The maximum absolute atomic E-state index is 10.3. The molecule has 0 amide bonds. The zero-order valence-corrected chi connectivity index (χ0v) is 7.62. The molecule has 1 aliphatic heterocycles. The van der Waals surface area contributed by atoms with Crippen molar-refractivity contribution >= 4 is 5.97 Å². The number of hydrogen-bond donors (Lipinski definition) is 3. The number of aliphatic carboxylic acids is 1. The SMILES string of the molecule is CC1(O)CCOCC1NCC(=O)O. The molecule has 1 rings (SSSR count). The Morgan fingerprint density at radius 1 is 1.77 bits per heavy atom. The molecule has 0 aliphatic carbocycles. The first-order valence-electron chi connectivity index (χ1n) is 4.27. The van der Waals surface area contributed by atoms with Crippen LogP contribution in [0.4, 0.5) is 0 Å². The van der Waals surface area contributed by atoms with Crippen molar-refractivity contribution in [2.24, 2.45) is 0 Å². The third kappa shape index (κ3) is 2.95. The van der Waals surface area contributed by atoms with Crippen molar-refractivity contribution in [1.82, 2.24) is 5.32 Å². The van der Waals surface area contributed by atoms with Crippen LogP contribution in [0.5, 0.6) is 0 Å². The fraction of sp³-hybridized carbons (Fsp3) is 0.875. The van der Waals surface area contributed by atoms with Crippen LogP contribution in [0.1, 0.15) is 13.3 Å². The van der Waals surface area contributed by atoms with E-state index in [-0.39, 0.29) is 12.6 Å². The van der Waals surface area contributed by atoms with E-state index in [2.05, 4.69) is 5.32 Å². The molecule has 1 saturated heterocycles. The summed E-state index contributed by atoms with van der Waals surface area (Å²) in [6, 6.07) is -0.294. The smallest absolute Gasteiger partial charge is 0.317 e. The van der Waals surface area contributed by atoms with E-state index in [1.165, 1.54) is 0 Å². The van der Waals surface area contributed by atoms with Crippen molar-refractivity contribution < 1.29 is 19.7 Å². The number of carbonyl (C=O) groups is 1. The van der Waals surface area contributed by atoms with E-state index in [0.29, 0.717) is 19.6 Å². The van der Waals surface area contributed by atoms with Crippen LogP contribution in [0.25, 0.3) is 0 Å². The largest absolute Gasteiger partial charge is 0.480 e. The second-order valence-corrected chi connectivity index (χ2v) is 3.51. The lowest BCUT2D eigenvalue weighted by Crippen LogP contribution is -2.56. The number of aliphatic hydroxyl groups is 1. The lowest BCUT2D eigenvalue weighted by molar-refractivity contribution is -0.137. The Bertz CT molecular complexity index is 193. The molecule has 0 bridgehead atoms. The zero-order chi connectivity index (χ0) is 9.90. The Kier molecular flexibility index (Phi) is 3.24. The molecule has 0 spiro atoms. The zero-order valence-electron chi connectivity index (χ0n) is 7.62. The predicted molar refractivity (Wildman–Crippen MR) is 45.5 cm³/mol. The number of nitrogens with one attached hydrogen (secondary N) is 1. The summed E-state index contributed by atoms with van der Waals surface area (Å²) < 4.78 is 5.13. The van der Waals surface area contributed by atoms with E-state index in [0.717, 1.165) is 0 Å². The fourth-order valence-corrected chi connectivity index (χ4v) is 1.32. The van der Waals surface area contributed by atoms with Crippen molar-refractivity contribution in [3.63, 3.8) is 0 Å². The van der Waals surface area contributed by atoms with Gasteiger partial charge in [0.05, 0.1) is 24.8 Å². The van der Waals surface area contributed by atoms with Crippen LogP contribution in [0.3, 0.4) is 0 Å². The van der Waals surface area contributed by atoms with Crippen LogP contribution in [0.2, 0.25) is 0 Å². The van der Waals surface area contributed by atoms with Gasteiger partial charge in [-0.1, -0.05) is 0 Å². The normalized spacial score (nSPS) is 34.5. The summed E-state index contributed by atoms with van der Waals surface area (Å²) in [6.07, 6.45) is 0.532. The predicted octanol–water partition coefficient (Wildman–Crippen LogP) is -0.799. The quantitative estimate of drug-likeness (QED) is 0.541. The first-order chi connectivity index (χ1) is 6.02. The molecule has 0 radical (unpaired) electrons. The van der Waals surface area contributed by atoms with Crippen LogP contribution in [-0.2, 0) is 9.53 Å². The molecule has 1 aliphatic rings. The molecule has 0 aromatic carbocycles. The van der Waals surface area contributed by atoms with E-state index >= 15 is 0 Å². The summed E-state index contributed by atoms with van der Waals surface area (Å²) in [5, 5.41) is 21.0. The summed E-state index contributed by atoms with van der Waals surface area (Å²) in [6.45, 7) is 2.43. The topological polar surface area (TPSA) is 78.8 Å². The van der Waals surface area contributed by atoms with Crippen molar-refractivity contribution in [2.75, 3.05) is 19.8 Å². The van der Waals surface area contributed by atoms with E-state index in [9.17, 15) is 9.90 Å². The third-order valence-corrected chi connectivity index (χ3v) is 2.29. The summed E-state index contributed by atoms with van der Waals surface area (Å²) in [4.78, 5) is 10.3. The molecule has 5 nitrogen and oxygen atoms in total. The molecule has 2 unspecified atom stereocenters. The molecule has 1 heterocycles. The highest BCUT2D eigenvalue weighted by Crippen LogP contribution is 2.19. The Morgan fingerprint density at radius 2 is 2.46 bits per heavy atom. The number of carboxylic acid groups (broad SMARTS) is 1. The minimum absolute atomic E-state index is 0.149. The van der Waals surface area contributed by atoms with Crippen molar-refractivity contribution in [2.45, 2.75) is 25.0 Å². The molecule has 0 aromatic heterocycles. The van der Waals surface area contributed by atoms with Gasteiger partial charge in [-0.15, -0.1) is 0 Å². The number of ether oxygens (including phenoxy) is 1. The Balaban J connectivity index is 2.41. The van der Waals surface area contributed by atoms with Crippen LogP contribution >= 0.6 is 0 Å². The average molecular weight is 189 g/mol. The summed E-state index contributed by atoms with van der Waals surface area (Å²) in [5.41, 5.74) is -0.867. The highest BCUT2D eigenvalue weighted by Gasteiger charge is 2.34. The number of carboxylic acids is 1. The van der Waals surface area contributed by atoms with Gasteiger partial charge in [-0.3, -0.25) is 10.1 Å². The molecule has 2 atom stereocenters. The van der Waals surface area contributed by atoms with Crippen LogP contribution < -0.4 is 5.32 Å². The summed E-state index contributed by atoms with van der Waals surface area (Å²) in [5.74, 6) is -0.929. The van der Waals surface area contributed by atoms with E-state index in [1.54, 1.807) is 6.92 Å². The van der Waals surface area contributed by atoms with Crippen molar-refractivity contribution in [3.8, 4) is 0 Å². The van der Waals surface area contributed by atoms with Gasteiger partial charge in [0, 0.05) is 13.0 Å². The van der Waals surface area contributed by atoms with Gasteiger partial charge in [0.15, 0.2) is 0 Å². The molecule has 0 aromatic rings. The molecule has 5 heteroatoms. The molecule has 76 valence electrons. The van der Waals surface area contributed by atoms with Gasteiger partial charge in [0.1, 0.15) is 0 Å². The lowest BCUT2D eigenvalue weighted by Gasteiger charge is -2.37.